The minimum absolute atomic E-state index is 0.501. The van der Waals surface area contributed by atoms with E-state index in [0.29, 0.717) is 11.2 Å². The summed E-state index contributed by atoms with van der Waals surface area (Å²) in [6.07, 6.45) is 3.95. The van der Waals surface area contributed by atoms with Crippen LogP contribution in [0.25, 0.3) is 0 Å². The number of nitrogens with zero attached hydrogens (tertiary/aromatic N) is 3. The van der Waals surface area contributed by atoms with E-state index in [9.17, 15) is 0 Å². The molecule has 3 rings (SSSR count). The standard InChI is InChI=1S/C12H17ClN4/c1-8-14-11(13)6-12(15-8)16-9-4-5-17(7-9)10-2-3-10/h6,9-10H,2-5,7H2,1H3,(H,14,15,16). The summed E-state index contributed by atoms with van der Waals surface area (Å²) in [5.74, 6) is 1.57. The Morgan fingerprint density at radius 1 is 1.35 bits per heavy atom. The maximum absolute atomic E-state index is 5.92. The van der Waals surface area contributed by atoms with Gasteiger partial charge in [-0.15, -0.1) is 0 Å². The molecule has 1 N–H and O–H groups in total. The number of aryl methyl sites for hydroxylation is 1. The lowest BCUT2D eigenvalue weighted by Crippen LogP contribution is -2.28. The summed E-state index contributed by atoms with van der Waals surface area (Å²) in [7, 11) is 0. The third kappa shape index (κ3) is 2.69. The Hall–Kier alpha value is -0.870. The zero-order valence-corrected chi connectivity index (χ0v) is 10.7. The van der Waals surface area contributed by atoms with Crippen LogP contribution in [-0.2, 0) is 0 Å². The van der Waals surface area contributed by atoms with Gasteiger partial charge in [0.2, 0.25) is 0 Å². The van der Waals surface area contributed by atoms with Crippen molar-refractivity contribution in [3.05, 3.63) is 17.0 Å². The Bertz CT molecular complexity index is 399. The predicted octanol–water partition coefficient (Wildman–Crippen LogP) is 2.09. The van der Waals surface area contributed by atoms with Crippen LogP contribution >= 0.6 is 11.6 Å². The average Bonchev–Trinajstić information content (AvgIpc) is 2.99. The van der Waals surface area contributed by atoms with E-state index < -0.39 is 0 Å². The van der Waals surface area contributed by atoms with E-state index in [1.807, 2.05) is 6.92 Å². The van der Waals surface area contributed by atoms with Crippen LogP contribution < -0.4 is 5.32 Å². The van der Waals surface area contributed by atoms with Crippen molar-refractivity contribution in [1.82, 2.24) is 14.9 Å². The van der Waals surface area contributed by atoms with Crippen molar-refractivity contribution < 1.29 is 0 Å². The summed E-state index contributed by atoms with van der Waals surface area (Å²) in [6, 6.07) is 3.16. The lowest BCUT2D eigenvalue weighted by Gasteiger charge is -2.16. The molecule has 0 amide bonds. The Morgan fingerprint density at radius 2 is 2.18 bits per heavy atom. The minimum atomic E-state index is 0.501. The maximum atomic E-state index is 5.92. The number of aromatic nitrogens is 2. The Balaban J connectivity index is 1.62. The Morgan fingerprint density at radius 3 is 2.88 bits per heavy atom. The molecule has 2 aliphatic rings. The van der Waals surface area contributed by atoms with Gasteiger partial charge >= 0.3 is 0 Å². The van der Waals surface area contributed by atoms with Gasteiger partial charge < -0.3 is 5.32 Å². The first-order valence-electron chi connectivity index (χ1n) is 6.22. The van der Waals surface area contributed by atoms with E-state index in [1.54, 1.807) is 6.07 Å². The molecule has 4 nitrogen and oxygen atoms in total. The molecule has 5 heteroatoms. The summed E-state index contributed by atoms with van der Waals surface area (Å²) in [5.41, 5.74) is 0. The molecule has 0 radical (unpaired) electrons. The van der Waals surface area contributed by atoms with Crippen LogP contribution in [0.2, 0.25) is 5.15 Å². The lowest BCUT2D eigenvalue weighted by atomic mass is 10.2. The summed E-state index contributed by atoms with van der Waals surface area (Å²) in [5, 5.41) is 3.97. The summed E-state index contributed by atoms with van der Waals surface area (Å²) < 4.78 is 0. The van der Waals surface area contributed by atoms with Crippen LogP contribution in [0.1, 0.15) is 25.1 Å². The highest BCUT2D eigenvalue weighted by Crippen LogP contribution is 2.30. The number of likely N-dealkylation sites (tertiary alicyclic amines) is 1. The molecule has 0 aromatic carbocycles. The van der Waals surface area contributed by atoms with Crippen molar-refractivity contribution in [2.45, 2.75) is 38.3 Å². The van der Waals surface area contributed by atoms with Crippen molar-refractivity contribution in [3.63, 3.8) is 0 Å². The number of hydrogen-bond acceptors (Lipinski definition) is 4. The van der Waals surface area contributed by atoms with E-state index in [4.69, 9.17) is 11.6 Å². The largest absolute Gasteiger partial charge is 0.366 e. The first-order chi connectivity index (χ1) is 8.20. The molecule has 1 aliphatic carbocycles. The Kier molecular flexibility index (Phi) is 2.92. The number of hydrogen-bond donors (Lipinski definition) is 1. The van der Waals surface area contributed by atoms with Crippen molar-refractivity contribution in [3.8, 4) is 0 Å². The van der Waals surface area contributed by atoms with E-state index >= 15 is 0 Å². The van der Waals surface area contributed by atoms with Crippen LogP contribution in [0.4, 0.5) is 5.82 Å². The molecule has 1 aromatic rings. The van der Waals surface area contributed by atoms with Crippen molar-refractivity contribution >= 4 is 17.4 Å². The van der Waals surface area contributed by atoms with Crippen LogP contribution in [0.15, 0.2) is 6.07 Å². The molecule has 1 saturated carbocycles. The van der Waals surface area contributed by atoms with Crippen molar-refractivity contribution in [2.75, 3.05) is 18.4 Å². The van der Waals surface area contributed by atoms with Gasteiger partial charge in [0.1, 0.15) is 16.8 Å². The van der Waals surface area contributed by atoms with Gasteiger partial charge in [-0.25, -0.2) is 9.97 Å². The van der Waals surface area contributed by atoms with Crippen molar-refractivity contribution in [2.24, 2.45) is 0 Å². The van der Waals surface area contributed by atoms with E-state index in [2.05, 4.69) is 20.2 Å². The second kappa shape index (κ2) is 4.42. The molecule has 1 saturated heterocycles. The first-order valence-corrected chi connectivity index (χ1v) is 6.60. The molecule has 1 aromatic heterocycles. The molecule has 1 atom stereocenters. The molecule has 17 heavy (non-hydrogen) atoms. The second-order valence-corrected chi connectivity index (χ2v) is 5.37. The SMILES string of the molecule is Cc1nc(Cl)cc(NC2CCN(C3CC3)C2)n1. The fourth-order valence-corrected chi connectivity index (χ4v) is 2.72. The highest BCUT2D eigenvalue weighted by molar-refractivity contribution is 6.29. The smallest absolute Gasteiger partial charge is 0.134 e. The average molecular weight is 253 g/mol. The van der Waals surface area contributed by atoms with Crippen LogP contribution in [0.3, 0.4) is 0 Å². The highest BCUT2D eigenvalue weighted by atomic mass is 35.5. The van der Waals surface area contributed by atoms with E-state index in [-0.39, 0.29) is 0 Å². The fourth-order valence-electron chi connectivity index (χ4n) is 2.49. The number of anilines is 1. The van der Waals surface area contributed by atoms with Gasteiger partial charge in [0.15, 0.2) is 0 Å². The van der Waals surface area contributed by atoms with Gasteiger partial charge in [0, 0.05) is 31.2 Å². The molecule has 1 aliphatic heterocycles. The molecule has 1 unspecified atom stereocenters. The quantitative estimate of drug-likeness (QED) is 0.837. The predicted molar refractivity (Wildman–Crippen MR) is 68.4 cm³/mol. The van der Waals surface area contributed by atoms with Crippen molar-refractivity contribution in [1.29, 1.82) is 0 Å². The third-order valence-electron chi connectivity index (χ3n) is 3.44. The van der Waals surface area contributed by atoms with Gasteiger partial charge in [0.05, 0.1) is 0 Å². The zero-order valence-electron chi connectivity index (χ0n) is 9.99. The Labute approximate surface area is 106 Å². The molecule has 92 valence electrons. The summed E-state index contributed by atoms with van der Waals surface area (Å²) in [4.78, 5) is 11.0. The van der Waals surface area contributed by atoms with Gasteiger partial charge in [-0.05, 0) is 26.2 Å². The van der Waals surface area contributed by atoms with Crippen LogP contribution in [0.5, 0.6) is 0 Å². The summed E-state index contributed by atoms with van der Waals surface area (Å²) >= 11 is 5.92. The lowest BCUT2D eigenvalue weighted by molar-refractivity contribution is 0.326. The van der Waals surface area contributed by atoms with Crippen LogP contribution in [0, 0.1) is 6.92 Å². The monoisotopic (exact) mass is 252 g/mol. The summed E-state index contributed by atoms with van der Waals surface area (Å²) in [6.45, 7) is 4.20. The van der Waals surface area contributed by atoms with E-state index in [0.717, 1.165) is 24.2 Å². The van der Waals surface area contributed by atoms with Crippen LogP contribution in [-0.4, -0.2) is 40.0 Å². The highest BCUT2D eigenvalue weighted by Gasteiger charge is 2.34. The molecule has 2 heterocycles. The van der Waals surface area contributed by atoms with Gasteiger partial charge in [0.25, 0.3) is 0 Å². The molecule has 0 spiro atoms. The molecular weight excluding hydrogens is 236 g/mol. The maximum Gasteiger partial charge on any atom is 0.134 e. The second-order valence-electron chi connectivity index (χ2n) is 4.98. The normalized spacial score (nSPS) is 25.2. The van der Waals surface area contributed by atoms with E-state index in [1.165, 1.54) is 25.8 Å². The first kappa shape index (κ1) is 11.2. The van der Waals surface area contributed by atoms with Gasteiger partial charge in [-0.3, -0.25) is 4.90 Å². The topological polar surface area (TPSA) is 41.1 Å². The number of halogens is 1. The molecule has 2 fully saturated rings. The number of rotatable bonds is 3. The van der Waals surface area contributed by atoms with Gasteiger partial charge in [-0.2, -0.15) is 0 Å². The minimum Gasteiger partial charge on any atom is -0.366 e. The molecular formula is C12H17ClN4. The zero-order chi connectivity index (χ0) is 11.8. The third-order valence-corrected chi connectivity index (χ3v) is 3.64. The number of nitrogens with one attached hydrogen (secondary N) is 1. The fraction of sp³-hybridized carbons (Fsp3) is 0.667. The van der Waals surface area contributed by atoms with Gasteiger partial charge in [-0.1, -0.05) is 11.6 Å². The molecule has 0 bridgehead atoms.